The van der Waals surface area contributed by atoms with Crippen LogP contribution in [0, 0.1) is 6.92 Å². The number of methoxy groups -OCH3 is 1. The maximum Gasteiger partial charge on any atom is 0.290 e. The second-order valence-electron chi connectivity index (χ2n) is 7.35. The van der Waals surface area contributed by atoms with Crippen molar-refractivity contribution in [3.05, 3.63) is 53.7 Å². The Morgan fingerprint density at radius 1 is 1.20 bits per heavy atom. The summed E-state index contributed by atoms with van der Waals surface area (Å²) >= 11 is 0. The quantitative estimate of drug-likeness (QED) is 0.514. The third kappa shape index (κ3) is 3.07. The summed E-state index contributed by atoms with van der Waals surface area (Å²) in [7, 11) is 1.62. The van der Waals surface area contributed by atoms with Gasteiger partial charge in [-0.15, -0.1) is 0 Å². The molecule has 0 unspecified atom stereocenters. The molecule has 5 rings (SSSR count). The molecule has 9 heteroatoms. The summed E-state index contributed by atoms with van der Waals surface area (Å²) in [6.45, 7) is 4.81. The van der Waals surface area contributed by atoms with Crippen LogP contribution in [0.2, 0.25) is 0 Å². The van der Waals surface area contributed by atoms with Gasteiger partial charge in [-0.2, -0.15) is 14.6 Å². The van der Waals surface area contributed by atoms with Crippen LogP contribution in [-0.2, 0) is 11.3 Å². The Morgan fingerprint density at radius 2 is 2.00 bits per heavy atom. The van der Waals surface area contributed by atoms with E-state index in [9.17, 15) is 4.79 Å². The zero-order chi connectivity index (χ0) is 20.7. The molecule has 1 amide bonds. The first-order valence-corrected chi connectivity index (χ1v) is 9.86. The molecule has 0 saturated carbocycles. The van der Waals surface area contributed by atoms with E-state index in [1.807, 2.05) is 42.2 Å². The van der Waals surface area contributed by atoms with Gasteiger partial charge in [0, 0.05) is 56.0 Å². The van der Waals surface area contributed by atoms with Crippen molar-refractivity contribution < 1.29 is 13.9 Å². The van der Waals surface area contributed by atoms with Crippen molar-refractivity contribution in [3.8, 4) is 0 Å². The molecular weight excluding hydrogens is 384 g/mol. The van der Waals surface area contributed by atoms with Gasteiger partial charge in [0.15, 0.2) is 5.76 Å². The van der Waals surface area contributed by atoms with E-state index in [1.165, 1.54) is 6.33 Å². The Hall–Kier alpha value is -3.46. The number of ether oxygens (including phenoxy) is 1. The van der Waals surface area contributed by atoms with Crippen molar-refractivity contribution in [2.24, 2.45) is 0 Å². The van der Waals surface area contributed by atoms with Crippen molar-refractivity contribution in [3.63, 3.8) is 0 Å². The number of aromatic nitrogens is 4. The Kier molecular flexibility index (Phi) is 4.59. The van der Waals surface area contributed by atoms with Gasteiger partial charge in [0.1, 0.15) is 17.7 Å². The summed E-state index contributed by atoms with van der Waals surface area (Å²) in [4.78, 5) is 25.9. The van der Waals surface area contributed by atoms with Crippen molar-refractivity contribution in [1.82, 2.24) is 24.5 Å². The number of piperazine rings is 1. The normalized spacial score (nSPS) is 14.7. The summed E-state index contributed by atoms with van der Waals surface area (Å²) < 4.78 is 13.0. The fourth-order valence-electron chi connectivity index (χ4n) is 3.98. The minimum absolute atomic E-state index is 0.102. The van der Waals surface area contributed by atoms with Crippen LogP contribution in [0.5, 0.6) is 0 Å². The topological polar surface area (TPSA) is 89.0 Å². The highest BCUT2D eigenvalue weighted by Gasteiger charge is 2.29. The van der Waals surface area contributed by atoms with Gasteiger partial charge in [-0.3, -0.25) is 4.79 Å². The van der Waals surface area contributed by atoms with Crippen molar-refractivity contribution >= 4 is 28.5 Å². The van der Waals surface area contributed by atoms with Gasteiger partial charge < -0.3 is 19.0 Å². The fourth-order valence-corrected chi connectivity index (χ4v) is 3.98. The number of fused-ring (bicyclic) bond motifs is 2. The number of aryl methyl sites for hydroxylation is 1. The van der Waals surface area contributed by atoms with E-state index in [4.69, 9.17) is 9.15 Å². The molecule has 0 N–H and O–H groups in total. The molecule has 1 aliphatic rings. The van der Waals surface area contributed by atoms with Crippen molar-refractivity contribution in [1.29, 1.82) is 0 Å². The molecule has 154 valence electrons. The number of hydrogen-bond donors (Lipinski definition) is 0. The molecule has 1 aliphatic heterocycles. The number of carbonyl (C=O) groups excluding carboxylic acids is 1. The zero-order valence-electron chi connectivity index (χ0n) is 16.9. The number of furan rings is 1. The lowest BCUT2D eigenvalue weighted by Crippen LogP contribution is -2.49. The highest BCUT2D eigenvalue weighted by atomic mass is 16.5. The molecule has 9 nitrogen and oxygen atoms in total. The fraction of sp³-hybridized carbons (Fsp3) is 0.333. The summed E-state index contributed by atoms with van der Waals surface area (Å²) in [5.41, 5.74) is 2.39. The van der Waals surface area contributed by atoms with Gasteiger partial charge in [-0.1, -0.05) is 18.2 Å². The summed E-state index contributed by atoms with van der Waals surface area (Å²) in [6.07, 6.45) is 1.50. The first kappa shape index (κ1) is 18.6. The van der Waals surface area contributed by atoms with E-state index < -0.39 is 0 Å². The standard InChI is InChI=1S/C21H22N6O3/c1-14-11-18(27-21(24-14)22-13-23-27)25-7-9-26(10-8-25)20(28)19-16(12-29-2)15-5-3-4-6-17(15)30-19/h3-6,11,13H,7-10,12H2,1-2H3. The van der Waals surface area contributed by atoms with Crippen LogP contribution in [0.25, 0.3) is 16.7 Å². The summed E-state index contributed by atoms with van der Waals surface area (Å²) in [6, 6.07) is 9.66. The van der Waals surface area contributed by atoms with Gasteiger partial charge in [0.05, 0.1) is 6.61 Å². The molecule has 0 radical (unpaired) electrons. The number of rotatable bonds is 4. The lowest BCUT2D eigenvalue weighted by molar-refractivity contribution is 0.0710. The number of para-hydroxylation sites is 1. The van der Waals surface area contributed by atoms with Crippen LogP contribution in [0.4, 0.5) is 5.82 Å². The monoisotopic (exact) mass is 406 g/mol. The minimum atomic E-state index is -0.102. The predicted molar refractivity (Wildman–Crippen MR) is 111 cm³/mol. The van der Waals surface area contributed by atoms with E-state index in [-0.39, 0.29) is 5.91 Å². The Balaban J connectivity index is 1.38. The Morgan fingerprint density at radius 3 is 2.80 bits per heavy atom. The van der Waals surface area contributed by atoms with E-state index in [0.29, 0.717) is 49.9 Å². The van der Waals surface area contributed by atoms with E-state index in [0.717, 1.165) is 22.5 Å². The molecule has 4 heterocycles. The number of amides is 1. The van der Waals surface area contributed by atoms with Crippen LogP contribution in [0.3, 0.4) is 0 Å². The third-order valence-corrected chi connectivity index (χ3v) is 5.43. The number of nitrogens with zero attached hydrogens (tertiary/aromatic N) is 6. The van der Waals surface area contributed by atoms with Crippen LogP contribution in [-0.4, -0.2) is 63.7 Å². The van der Waals surface area contributed by atoms with Crippen LogP contribution in [0.1, 0.15) is 21.8 Å². The predicted octanol–water partition coefficient (Wildman–Crippen LogP) is 2.29. The second kappa shape index (κ2) is 7.42. The smallest absolute Gasteiger partial charge is 0.290 e. The summed E-state index contributed by atoms with van der Waals surface area (Å²) in [5, 5.41) is 5.20. The van der Waals surface area contributed by atoms with Crippen LogP contribution in [0.15, 0.2) is 41.1 Å². The molecule has 0 bridgehead atoms. The molecule has 4 aromatic rings. The number of benzene rings is 1. The molecule has 0 aliphatic carbocycles. The number of hydrogen-bond acceptors (Lipinski definition) is 7. The molecule has 1 aromatic carbocycles. The van der Waals surface area contributed by atoms with Gasteiger partial charge in [0.2, 0.25) is 0 Å². The van der Waals surface area contributed by atoms with Gasteiger partial charge in [-0.05, 0) is 13.0 Å². The van der Waals surface area contributed by atoms with Crippen molar-refractivity contribution in [2.45, 2.75) is 13.5 Å². The van der Waals surface area contributed by atoms with Crippen LogP contribution < -0.4 is 4.90 Å². The van der Waals surface area contributed by atoms with E-state index >= 15 is 0 Å². The largest absolute Gasteiger partial charge is 0.451 e. The molecule has 30 heavy (non-hydrogen) atoms. The molecule has 1 fully saturated rings. The van der Waals surface area contributed by atoms with Crippen molar-refractivity contribution in [2.75, 3.05) is 38.2 Å². The third-order valence-electron chi connectivity index (χ3n) is 5.43. The maximum absolute atomic E-state index is 13.3. The van der Waals surface area contributed by atoms with Gasteiger partial charge in [0.25, 0.3) is 11.7 Å². The molecule has 3 aromatic heterocycles. The first-order chi connectivity index (χ1) is 14.7. The lowest BCUT2D eigenvalue weighted by atomic mass is 10.1. The van der Waals surface area contributed by atoms with Crippen LogP contribution >= 0.6 is 0 Å². The average Bonchev–Trinajstić information content (AvgIpc) is 3.38. The Labute approximate surface area is 172 Å². The minimum Gasteiger partial charge on any atom is -0.451 e. The number of anilines is 1. The van der Waals surface area contributed by atoms with E-state index in [2.05, 4.69) is 20.0 Å². The van der Waals surface area contributed by atoms with E-state index in [1.54, 1.807) is 11.6 Å². The SMILES string of the molecule is COCc1c(C(=O)N2CCN(c3cc(C)nc4ncnn34)CC2)oc2ccccc12. The lowest BCUT2D eigenvalue weighted by Gasteiger charge is -2.35. The average molecular weight is 406 g/mol. The maximum atomic E-state index is 13.3. The Bertz CT molecular complexity index is 1220. The molecule has 1 saturated heterocycles. The van der Waals surface area contributed by atoms with Gasteiger partial charge in [-0.25, -0.2) is 4.98 Å². The first-order valence-electron chi connectivity index (χ1n) is 9.86. The second-order valence-corrected chi connectivity index (χ2v) is 7.35. The highest BCUT2D eigenvalue weighted by molar-refractivity contribution is 5.99. The van der Waals surface area contributed by atoms with Gasteiger partial charge >= 0.3 is 0 Å². The molecule has 0 atom stereocenters. The number of carbonyl (C=O) groups is 1. The zero-order valence-corrected chi connectivity index (χ0v) is 16.9. The highest BCUT2D eigenvalue weighted by Crippen LogP contribution is 2.28. The molecular formula is C21H22N6O3. The molecule has 0 spiro atoms. The summed E-state index contributed by atoms with van der Waals surface area (Å²) in [5.74, 6) is 1.78.